The van der Waals surface area contributed by atoms with Crippen LogP contribution in [0, 0.1) is 20.8 Å². The summed E-state index contributed by atoms with van der Waals surface area (Å²) >= 11 is 0. The van der Waals surface area contributed by atoms with E-state index in [1.165, 1.54) is 5.56 Å². The molecule has 2 aromatic carbocycles. The SMILES string of the molecule is COc1ccccc1CNc1cc(C(=O)Nc2ccc(C)c(C)c2)nc(C)n1. The van der Waals surface area contributed by atoms with E-state index in [1.807, 2.05) is 56.3 Å². The number of amides is 1. The average molecular weight is 376 g/mol. The number of ether oxygens (including phenoxy) is 1. The Morgan fingerprint density at radius 2 is 1.79 bits per heavy atom. The molecule has 1 amide bonds. The van der Waals surface area contributed by atoms with Crippen LogP contribution in [0.25, 0.3) is 0 Å². The van der Waals surface area contributed by atoms with E-state index in [4.69, 9.17) is 4.74 Å². The van der Waals surface area contributed by atoms with Crippen LogP contribution >= 0.6 is 0 Å². The van der Waals surface area contributed by atoms with E-state index in [9.17, 15) is 4.79 Å². The van der Waals surface area contributed by atoms with Gasteiger partial charge < -0.3 is 15.4 Å². The predicted octanol–water partition coefficient (Wildman–Crippen LogP) is 4.27. The second-order valence-electron chi connectivity index (χ2n) is 6.60. The Labute approximate surface area is 165 Å². The standard InChI is InChI=1S/C22H24N4O2/c1-14-9-10-18(11-15(14)2)26-22(27)19-12-21(25-16(3)24-19)23-13-17-7-5-6-8-20(17)28-4/h5-12H,13H2,1-4H3,(H,26,27)(H,23,24,25). The maximum Gasteiger partial charge on any atom is 0.274 e. The van der Waals surface area contributed by atoms with Gasteiger partial charge in [-0.2, -0.15) is 0 Å². The van der Waals surface area contributed by atoms with Gasteiger partial charge in [-0.3, -0.25) is 4.79 Å². The monoisotopic (exact) mass is 376 g/mol. The maximum absolute atomic E-state index is 12.6. The largest absolute Gasteiger partial charge is 0.496 e. The number of carbonyl (C=O) groups excluding carboxylic acids is 1. The summed E-state index contributed by atoms with van der Waals surface area (Å²) in [6.45, 7) is 6.34. The van der Waals surface area contributed by atoms with Crippen molar-refractivity contribution < 1.29 is 9.53 Å². The van der Waals surface area contributed by atoms with Gasteiger partial charge in [-0.15, -0.1) is 0 Å². The van der Waals surface area contributed by atoms with Gasteiger partial charge in [-0.05, 0) is 50.1 Å². The number of anilines is 2. The fraction of sp³-hybridized carbons (Fsp3) is 0.227. The summed E-state index contributed by atoms with van der Waals surface area (Å²) in [7, 11) is 1.64. The van der Waals surface area contributed by atoms with Gasteiger partial charge in [0.05, 0.1) is 7.11 Å². The summed E-state index contributed by atoms with van der Waals surface area (Å²) in [5.41, 5.74) is 4.36. The third-order valence-electron chi connectivity index (χ3n) is 4.49. The molecule has 0 spiro atoms. The molecule has 1 aromatic heterocycles. The molecule has 0 atom stereocenters. The summed E-state index contributed by atoms with van der Waals surface area (Å²) in [5, 5.41) is 6.14. The van der Waals surface area contributed by atoms with Crippen LogP contribution in [-0.4, -0.2) is 23.0 Å². The molecule has 144 valence electrons. The van der Waals surface area contributed by atoms with E-state index < -0.39 is 0 Å². The van der Waals surface area contributed by atoms with E-state index >= 15 is 0 Å². The lowest BCUT2D eigenvalue weighted by molar-refractivity contribution is 0.102. The molecule has 0 radical (unpaired) electrons. The number of carbonyl (C=O) groups is 1. The number of rotatable bonds is 6. The highest BCUT2D eigenvalue weighted by molar-refractivity contribution is 6.03. The van der Waals surface area contributed by atoms with Crippen LogP contribution in [0.1, 0.15) is 33.0 Å². The van der Waals surface area contributed by atoms with Crippen molar-refractivity contribution in [1.82, 2.24) is 9.97 Å². The van der Waals surface area contributed by atoms with Gasteiger partial charge in [0, 0.05) is 23.9 Å². The van der Waals surface area contributed by atoms with Crippen molar-refractivity contribution in [1.29, 1.82) is 0 Å². The number of methoxy groups -OCH3 is 1. The molecule has 0 saturated carbocycles. The van der Waals surface area contributed by atoms with Gasteiger partial charge >= 0.3 is 0 Å². The van der Waals surface area contributed by atoms with Gasteiger partial charge in [0.1, 0.15) is 23.1 Å². The molecule has 2 N–H and O–H groups in total. The van der Waals surface area contributed by atoms with Crippen molar-refractivity contribution in [3.8, 4) is 5.75 Å². The van der Waals surface area contributed by atoms with Crippen LogP contribution in [0.4, 0.5) is 11.5 Å². The van der Waals surface area contributed by atoms with E-state index in [0.717, 1.165) is 22.6 Å². The Balaban J connectivity index is 1.75. The van der Waals surface area contributed by atoms with Crippen LogP contribution < -0.4 is 15.4 Å². The van der Waals surface area contributed by atoms with E-state index in [-0.39, 0.29) is 5.91 Å². The summed E-state index contributed by atoms with van der Waals surface area (Å²) < 4.78 is 5.37. The number of hydrogen-bond acceptors (Lipinski definition) is 5. The van der Waals surface area contributed by atoms with Crippen molar-refractivity contribution in [2.45, 2.75) is 27.3 Å². The van der Waals surface area contributed by atoms with Gasteiger partial charge in [0.25, 0.3) is 5.91 Å². The second kappa shape index (κ2) is 8.52. The third-order valence-corrected chi connectivity index (χ3v) is 4.49. The van der Waals surface area contributed by atoms with Gasteiger partial charge in [0.2, 0.25) is 0 Å². The van der Waals surface area contributed by atoms with Gasteiger partial charge in [-0.1, -0.05) is 24.3 Å². The van der Waals surface area contributed by atoms with E-state index in [2.05, 4.69) is 20.6 Å². The van der Waals surface area contributed by atoms with E-state index in [0.29, 0.717) is 23.9 Å². The van der Waals surface area contributed by atoms with Crippen molar-refractivity contribution in [3.63, 3.8) is 0 Å². The molecule has 0 unspecified atom stereocenters. The minimum absolute atomic E-state index is 0.269. The first kappa shape index (κ1) is 19.4. The number of para-hydroxylation sites is 1. The smallest absolute Gasteiger partial charge is 0.274 e. The highest BCUT2D eigenvalue weighted by Crippen LogP contribution is 2.19. The lowest BCUT2D eigenvalue weighted by Gasteiger charge is -2.12. The molecule has 3 rings (SSSR count). The van der Waals surface area contributed by atoms with Crippen LogP contribution in [0.5, 0.6) is 5.75 Å². The molecule has 0 aliphatic carbocycles. The molecule has 0 fully saturated rings. The van der Waals surface area contributed by atoms with Crippen molar-refractivity contribution in [2.75, 3.05) is 17.7 Å². The molecule has 0 bridgehead atoms. The topological polar surface area (TPSA) is 76.1 Å². The summed E-state index contributed by atoms with van der Waals surface area (Å²) in [4.78, 5) is 21.3. The number of nitrogens with zero attached hydrogens (tertiary/aromatic N) is 2. The molecule has 0 saturated heterocycles. The number of aryl methyl sites for hydroxylation is 3. The minimum Gasteiger partial charge on any atom is -0.496 e. The molecule has 0 aliphatic heterocycles. The summed E-state index contributed by atoms with van der Waals surface area (Å²) in [6, 6.07) is 15.2. The Kier molecular flexibility index (Phi) is 5.89. The summed E-state index contributed by atoms with van der Waals surface area (Å²) in [5.74, 6) is 1.64. The maximum atomic E-state index is 12.6. The first-order valence-corrected chi connectivity index (χ1v) is 9.06. The van der Waals surface area contributed by atoms with Crippen molar-refractivity contribution in [3.05, 3.63) is 76.7 Å². The zero-order chi connectivity index (χ0) is 20.1. The quantitative estimate of drug-likeness (QED) is 0.672. The summed E-state index contributed by atoms with van der Waals surface area (Å²) in [6.07, 6.45) is 0. The van der Waals surface area contributed by atoms with Crippen LogP contribution in [0.15, 0.2) is 48.5 Å². The first-order chi connectivity index (χ1) is 13.5. The highest BCUT2D eigenvalue weighted by Gasteiger charge is 2.12. The molecule has 28 heavy (non-hydrogen) atoms. The number of nitrogens with one attached hydrogen (secondary N) is 2. The fourth-order valence-electron chi connectivity index (χ4n) is 2.82. The molecule has 3 aromatic rings. The average Bonchev–Trinajstić information content (AvgIpc) is 2.69. The lowest BCUT2D eigenvalue weighted by atomic mass is 10.1. The lowest BCUT2D eigenvalue weighted by Crippen LogP contribution is -2.16. The van der Waals surface area contributed by atoms with Crippen molar-refractivity contribution in [2.24, 2.45) is 0 Å². The predicted molar refractivity (Wildman–Crippen MR) is 111 cm³/mol. The Bertz CT molecular complexity index is 1000. The van der Waals surface area contributed by atoms with Crippen LogP contribution in [0.3, 0.4) is 0 Å². The Hall–Kier alpha value is -3.41. The molecule has 6 nitrogen and oxygen atoms in total. The first-order valence-electron chi connectivity index (χ1n) is 9.06. The third kappa shape index (κ3) is 4.65. The zero-order valence-corrected chi connectivity index (χ0v) is 16.5. The Morgan fingerprint density at radius 1 is 1.00 bits per heavy atom. The molecule has 0 aliphatic rings. The highest BCUT2D eigenvalue weighted by atomic mass is 16.5. The second-order valence-corrected chi connectivity index (χ2v) is 6.60. The number of aromatic nitrogens is 2. The van der Waals surface area contributed by atoms with Gasteiger partial charge in [-0.25, -0.2) is 9.97 Å². The molecular weight excluding hydrogens is 352 g/mol. The zero-order valence-electron chi connectivity index (χ0n) is 16.5. The van der Waals surface area contributed by atoms with Crippen LogP contribution in [-0.2, 0) is 6.54 Å². The molecule has 1 heterocycles. The fourth-order valence-corrected chi connectivity index (χ4v) is 2.82. The Morgan fingerprint density at radius 3 is 2.54 bits per heavy atom. The van der Waals surface area contributed by atoms with Crippen LogP contribution in [0.2, 0.25) is 0 Å². The van der Waals surface area contributed by atoms with Gasteiger partial charge in [0.15, 0.2) is 0 Å². The molecule has 6 heteroatoms. The number of benzene rings is 2. The number of hydrogen-bond donors (Lipinski definition) is 2. The van der Waals surface area contributed by atoms with E-state index in [1.54, 1.807) is 20.1 Å². The minimum atomic E-state index is -0.269. The molecular formula is C22H24N4O2. The normalized spacial score (nSPS) is 10.4. The van der Waals surface area contributed by atoms with Crippen molar-refractivity contribution >= 4 is 17.4 Å².